The molecule has 11 nitrogen and oxygen atoms in total. The normalized spacial score (nSPS) is 24.1. The molecule has 0 bridgehead atoms. The predicted octanol–water partition coefficient (Wildman–Crippen LogP) is 2.88. The average molecular weight is 630 g/mol. The molecule has 5 amide bonds. The summed E-state index contributed by atoms with van der Waals surface area (Å²) in [6, 6.07) is -0.325. The molecule has 3 fully saturated rings. The number of hydrogen-bond donors (Lipinski definition) is 4. The first-order chi connectivity index (χ1) is 20.4. The number of fused-ring (bicyclic) bond motifs is 1. The summed E-state index contributed by atoms with van der Waals surface area (Å²) in [5.41, 5.74) is 4.39. The number of rotatable bonds is 13. The van der Waals surface area contributed by atoms with Crippen LogP contribution in [-0.4, -0.2) is 70.9 Å². The molecule has 1 aliphatic heterocycles. The Morgan fingerprint density at radius 3 is 2.25 bits per heavy atom. The average Bonchev–Trinajstić information content (AvgIpc) is 3.62. The number of amides is 5. The SMILES string of the molecule is CC(C)[C@@H](CC(=O)c1cccs1)NC(=O)N[C@H](C(=O)N1C[C@H]2[C@@H]([C@H]1C(=O)NC(CC1CC1)C(=O)C(N)=O)C2(C)C)C(C)(C)C. The Bertz CT molecular complexity index is 1300. The van der Waals surface area contributed by atoms with Crippen molar-refractivity contribution in [3.63, 3.8) is 0 Å². The van der Waals surface area contributed by atoms with Crippen molar-refractivity contribution in [2.45, 2.75) is 98.3 Å². The van der Waals surface area contributed by atoms with Gasteiger partial charge in [0.1, 0.15) is 12.1 Å². The molecule has 44 heavy (non-hydrogen) atoms. The molecule has 6 atom stereocenters. The van der Waals surface area contributed by atoms with E-state index in [1.54, 1.807) is 6.07 Å². The molecular weight excluding hydrogens is 582 g/mol. The molecule has 0 radical (unpaired) electrons. The molecule has 12 heteroatoms. The van der Waals surface area contributed by atoms with Gasteiger partial charge in [-0.2, -0.15) is 0 Å². The molecule has 2 saturated carbocycles. The van der Waals surface area contributed by atoms with Gasteiger partial charge in [-0.05, 0) is 52.4 Å². The van der Waals surface area contributed by atoms with Crippen LogP contribution in [0.1, 0.15) is 83.8 Å². The lowest BCUT2D eigenvalue weighted by Gasteiger charge is -2.38. The quantitative estimate of drug-likeness (QED) is 0.193. The highest BCUT2D eigenvalue weighted by molar-refractivity contribution is 7.12. The maximum atomic E-state index is 14.2. The van der Waals surface area contributed by atoms with Gasteiger partial charge in [-0.25, -0.2) is 4.79 Å². The fourth-order valence-electron chi connectivity index (χ4n) is 6.51. The van der Waals surface area contributed by atoms with Crippen molar-refractivity contribution >= 4 is 46.7 Å². The van der Waals surface area contributed by atoms with Gasteiger partial charge in [-0.1, -0.05) is 67.4 Å². The number of Topliss-reactive ketones (excluding diaryl/α,β-unsaturated/α-hetero) is 2. The van der Waals surface area contributed by atoms with Gasteiger partial charge in [0.15, 0.2) is 5.78 Å². The van der Waals surface area contributed by atoms with Crippen LogP contribution in [0.4, 0.5) is 4.79 Å². The lowest BCUT2D eigenvalue weighted by atomic mass is 9.85. The van der Waals surface area contributed by atoms with Crippen LogP contribution in [0.2, 0.25) is 0 Å². The van der Waals surface area contributed by atoms with E-state index in [1.807, 2.05) is 46.1 Å². The van der Waals surface area contributed by atoms with E-state index in [0.717, 1.165) is 12.8 Å². The van der Waals surface area contributed by atoms with Crippen molar-refractivity contribution < 1.29 is 28.8 Å². The molecule has 0 aromatic carbocycles. The Morgan fingerprint density at radius 2 is 1.73 bits per heavy atom. The Hall–Kier alpha value is -3.28. The smallest absolute Gasteiger partial charge is 0.315 e. The first-order valence-corrected chi connectivity index (χ1v) is 16.4. The summed E-state index contributed by atoms with van der Waals surface area (Å²) in [5, 5.41) is 10.3. The van der Waals surface area contributed by atoms with Crippen LogP contribution in [0.15, 0.2) is 17.5 Å². The lowest BCUT2D eigenvalue weighted by molar-refractivity contribution is -0.145. The van der Waals surface area contributed by atoms with Gasteiger partial charge in [0.25, 0.3) is 5.91 Å². The largest absolute Gasteiger partial charge is 0.363 e. The van der Waals surface area contributed by atoms with E-state index in [0.29, 0.717) is 17.8 Å². The molecule has 5 N–H and O–H groups in total. The summed E-state index contributed by atoms with van der Waals surface area (Å²) in [6.45, 7) is 13.8. The van der Waals surface area contributed by atoms with Gasteiger partial charge in [0.2, 0.25) is 17.6 Å². The third kappa shape index (κ3) is 7.33. The number of hydrogen-bond acceptors (Lipinski definition) is 7. The van der Waals surface area contributed by atoms with Crippen LogP contribution >= 0.6 is 11.3 Å². The van der Waals surface area contributed by atoms with Crippen LogP contribution in [0.25, 0.3) is 0 Å². The van der Waals surface area contributed by atoms with Gasteiger partial charge in [0.05, 0.1) is 10.9 Å². The fourth-order valence-corrected chi connectivity index (χ4v) is 7.18. The van der Waals surface area contributed by atoms with Crippen molar-refractivity contribution in [1.82, 2.24) is 20.9 Å². The number of primary amides is 1. The fraction of sp³-hybridized carbons (Fsp3) is 0.688. The standard InChI is InChI=1S/C32H47N5O6S/c1-16(2)19(14-21(38)22-9-8-12-44-22)35-30(43)36-26(31(3,4)5)29(42)37-15-18-23(32(18,6)7)24(37)28(41)34-20(13-17-10-11-17)25(39)27(33)40/h8-9,12,16-20,23-24,26H,10-11,13-15H2,1-7H3,(H2,33,40)(H,34,41)(H2,35,36,43)/t18-,19+,20?,23-,24-,26+/m0/s1. The Kier molecular flexibility index (Phi) is 9.63. The van der Waals surface area contributed by atoms with Gasteiger partial charge < -0.3 is 26.6 Å². The van der Waals surface area contributed by atoms with E-state index < -0.39 is 59.1 Å². The first-order valence-electron chi connectivity index (χ1n) is 15.5. The monoisotopic (exact) mass is 629 g/mol. The van der Waals surface area contributed by atoms with Crippen molar-refractivity contribution in [2.75, 3.05) is 6.54 Å². The third-order valence-electron chi connectivity index (χ3n) is 9.61. The van der Waals surface area contributed by atoms with Gasteiger partial charge >= 0.3 is 6.03 Å². The van der Waals surface area contributed by atoms with Gasteiger partial charge in [-0.3, -0.25) is 24.0 Å². The molecule has 1 aromatic rings. The second kappa shape index (κ2) is 12.6. The van der Waals surface area contributed by atoms with E-state index in [1.165, 1.54) is 16.2 Å². The minimum atomic E-state index is -1.10. The number of likely N-dealkylation sites (tertiary alicyclic amines) is 1. The Morgan fingerprint density at radius 1 is 1.07 bits per heavy atom. The number of ketones is 2. The number of thiophene rings is 1. The van der Waals surface area contributed by atoms with Crippen LogP contribution in [0.3, 0.4) is 0 Å². The van der Waals surface area contributed by atoms with Crippen molar-refractivity contribution in [1.29, 1.82) is 0 Å². The topological polar surface area (TPSA) is 168 Å². The molecule has 4 rings (SSSR count). The molecule has 0 spiro atoms. The lowest BCUT2D eigenvalue weighted by Crippen LogP contribution is -2.62. The Labute approximate surface area is 263 Å². The molecule has 2 heterocycles. The second-order valence-electron chi connectivity index (χ2n) is 14.7. The summed E-state index contributed by atoms with van der Waals surface area (Å²) in [5.74, 6) is -2.72. The molecule has 242 valence electrons. The molecular formula is C32H47N5O6S. The minimum Gasteiger partial charge on any atom is -0.363 e. The number of carbonyl (C=O) groups is 6. The predicted molar refractivity (Wildman–Crippen MR) is 167 cm³/mol. The molecule has 2 aliphatic carbocycles. The highest BCUT2D eigenvalue weighted by atomic mass is 32.1. The first kappa shape index (κ1) is 33.6. The highest BCUT2D eigenvalue weighted by Crippen LogP contribution is 2.65. The summed E-state index contributed by atoms with van der Waals surface area (Å²) < 4.78 is 0. The zero-order chi connectivity index (χ0) is 32.7. The van der Waals surface area contributed by atoms with Crippen molar-refractivity contribution in [2.24, 2.45) is 40.2 Å². The number of nitrogens with one attached hydrogen (secondary N) is 3. The van der Waals surface area contributed by atoms with E-state index >= 15 is 0 Å². The molecule has 1 saturated heterocycles. The van der Waals surface area contributed by atoms with E-state index in [-0.39, 0.29) is 41.3 Å². The second-order valence-corrected chi connectivity index (χ2v) is 15.7. The Balaban J connectivity index is 1.50. The van der Waals surface area contributed by atoms with E-state index in [9.17, 15) is 28.8 Å². The van der Waals surface area contributed by atoms with Gasteiger partial charge in [-0.15, -0.1) is 11.3 Å². The van der Waals surface area contributed by atoms with Crippen molar-refractivity contribution in [3.8, 4) is 0 Å². The highest BCUT2D eigenvalue weighted by Gasteiger charge is 2.70. The zero-order valence-corrected chi connectivity index (χ0v) is 27.6. The zero-order valence-electron chi connectivity index (χ0n) is 26.8. The van der Waals surface area contributed by atoms with E-state index in [2.05, 4.69) is 29.8 Å². The van der Waals surface area contributed by atoms with E-state index in [4.69, 9.17) is 5.73 Å². The van der Waals surface area contributed by atoms with Crippen LogP contribution in [0.5, 0.6) is 0 Å². The van der Waals surface area contributed by atoms with Crippen molar-refractivity contribution in [3.05, 3.63) is 22.4 Å². The van der Waals surface area contributed by atoms with Gasteiger partial charge in [0, 0.05) is 19.0 Å². The molecule has 1 aromatic heterocycles. The molecule has 3 aliphatic rings. The minimum absolute atomic E-state index is 0.0406. The number of nitrogens with zero attached hydrogens (tertiary/aromatic N) is 1. The summed E-state index contributed by atoms with van der Waals surface area (Å²) in [6.07, 6.45) is 2.30. The maximum Gasteiger partial charge on any atom is 0.315 e. The summed E-state index contributed by atoms with van der Waals surface area (Å²) in [7, 11) is 0. The van der Waals surface area contributed by atoms with Crippen LogP contribution < -0.4 is 21.7 Å². The summed E-state index contributed by atoms with van der Waals surface area (Å²) in [4.78, 5) is 80.5. The number of piperidine rings is 1. The molecule has 1 unspecified atom stereocenters. The third-order valence-corrected chi connectivity index (χ3v) is 10.5. The number of urea groups is 1. The van der Waals surface area contributed by atoms with Crippen LogP contribution in [-0.2, 0) is 19.2 Å². The van der Waals surface area contributed by atoms with Crippen LogP contribution in [0, 0.1) is 34.5 Å². The number of carbonyl (C=O) groups excluding carboxylic acids is 6. The maximum absolute atomic E-state index is 14.2. The number of nitrogens with two attached hydrogens (primary N) is 1. The summed E-state index contributed by atoms with van der Waals surface area (Å²) >= 11 is 1.35.